The van der Waals surface area contributed by atoms with Gasteiger partial charge in [-0.2, -0.15) is 0 Å². The standard InChI is InChI=1S/C18H21NO/c1-13-9-17(20-3)11-16-10-14(2)19(18(13)16)12-15-7-5-4-6-8-15/h4-9,11,14H,10,12H2,1-3H3. The van der Waals surface area contributed by atoms with Crippen LogP contribution < -0.4 is 9.64 Å². The third-order valence-electron chi connectivity index (χ3n) is 4.12. The van der Waals surface area contributed by atoms with E-state index in [1.165, 1.54) is 22.4 Å². The number of aryl methyl sites for hydroxylation is 1. The van der Waals surface area contributed by atoms with Crippen molar-refractivity contribution in [3.05, 3.63) is 59.2 Å². The molecule has 2 heteroatoms. The van der Waals surface area contributed by atoms with Crippen LogP contribution in [0.15, 0.2) is 42.5 Å². The van der Waals surface area contributed by atoms with Gasteiger partial charge in [0.2, 0.25) is 0 Å². The van der Waals surface area contributed by atoms with Crippen LogP contribution in [-0.2, 0) is 13.0 Å². The molecule has 0 saturated heterocycles. The molecule has 1 aliphatic heterocycles. The van der Waals surface area contributed by atoms with Crippen LogP contribution in [0.1, 0.15) is 23.6 Å². The Morgan fingerprint density at radius 2 is 1.95 bits per heavy atom. The number of nitrogens with zero attached hydrogens (tertiary/aromatic N) is 1. The van der Waals surface area contributed by atoms with Gasteiger partial charge in [-0.15, -0.1) is 0 Å². The number of benzene rings is 2. The van der Waals surface area contributed by atoms with E-state index in [1.807, 2.05) is 0 Å². The molecule has 0 amide bonds. The molecule has 0 spiro atoms. The summed E-state index contributed by atoms with van der Waals surface area (Å²) in [5, 5.41) is 0. The number of methoxy groups -OCH3 is 1. The van der Waals surface area contributed by atoms with Gasteiger partial charge in [-0.3, -0.25) is 0 Å². The molecule has 0 fully saturated rings. The zero-order chi connectivity index (χ0) is 14.1. The molecular formula is C18H21NO. The molecule has 104 valence electrons. The van der Waals surface area contributed by atoms with Gasteiger partial charge in [0.15, 0.2) is 0 Å². The summed E-state index contributed by atoms with van der Waals surface area (Å²) in [6.07, 6.45) is 1.10. The molecule has 2 aromatic carbocycles. The number of anilines is 1. The van der Waals surface area contributed by atoms with Crippen molar-refractivity contribution in [3.63, 3.8) is 0 Å². The molecule has 2 nitrogen and oxygen atoms in total. The first-order valence-electron chi connectivity index (χ1n) is 7.17. The summed E-state index contributed by atoms with van der Waals surface area (Å²) < 4.78 is 5.39. The summed E-state index contributed by atoms with van der Waals surface area (Å²) in [7, 11) is 1.74. The smallest absolute Gasteiger partial charge is 0.119 e. The first-order valence-corrected chi connectivity index (χ1v) is 7.17. The number of ether oxygens (including phenoxy) is 1. The average molecular weight is 267 g/mol. The fourth-order valence-corrected chi connectivity index (χ4v) is 3.17. The van der Waals surface area contributed by atoms with Crippen molar-refractivity contribution >= 4 is 5.69 Å². The molecule has 3 rings (SSSR count). The maximum absolute atomic E-state index is 5.39. The monoisotopic (exact) mass is 267 g/mol. The molecule has 0 radical (unpaired) electrons. The zero-order valence-corrected chi connectivity index (χ0v) is 12.4. The number of hydrogen-bond acceptors (Lipinski definition) is 2. The van der Waals surface area contributed by atoms with E-state index < -0.39 is 0 Å². The molecule has 0 saturated carbocycles. The Kier molecular flexibility index (Phi) is 3.39. The summed E-state index contributed by atoms with van der Waals surface area (Å²) in [6.45, 7) is 5.45. The summed E-state index contributed by atoms with van der Waals surface area (Å²) in [4.78, 5) is 2.51. The second kappa shape index (κ2) is 5.20. The van der Waals surface area contributed by atoms with E-state index >= 15 is 0 Å². The maximum Gasteiger partial charge on any atom is 0.119 e. The fourth-order valence-electron chi connectivity index (χ4n) is 3.17. The Bertz CT molecular complexity index is 606. The lowest BCUT2D eigenvalue weighted by Crippen LogP contribution is -2.29. The Morgan fingerprint density at radius 1 is 1.20 bits per heavy atom. The quantitative estimate of drug-likeness (QED) is 0.834. The van der Waals surface area contributed by atoms with E-state index in [4.69, 9.17) is 4.74 Å². The fraction of sp³-hybridized carbons (Fsp3) is 0.333. The minimum Gasteiger partial charge on any atom is -0.497 e. The van der Waals surface area contributed by atoms with E-state index in [1.54, 1.807) is 7.11 Å². The Balaban J connectivity index is 1.95. The third-order valence-corrected chi connectivity index (χ3v) is 4.12. The van der Waals surface area contributed by atoms with Crippen LogP contribution >= 0.6 is 0 Å². The van der Waals surface area contributed by atoms with Crippen LogP contribution in [0.2, 0.25) is 0 Å². The van der Waals surface area contributed by atoms with Crippen molar-refractivity contribution in [2.24, 2.45) is 0 Å². The summed E-state index contributed by atoms with van der Waals surface area (Å²) >= 11 is 0. The van der Waals surface area contributed by atoms with Crippen molar-refractivity contribution in [3.8, 4) is 5.75 Å². The summed E-state index contributed by atoms with van der Waals surface area (Å²) in [5.74, 6) is 0.968. The highest BCUT2D eigenvalue weighted by molar-refractivity contribution is 5.66. The first kappa shape index (κ1) is 13.0. The van der Waals surface area contributed by atoms with Crippen LogP contribution in [0.25, 0.3) is 0 Å². The van der Waals surface area contributed by atoms with Gasteiger partial charge < -0.3 is 9.64 Å². The minimum absolute atomic E-state index is 0.538. The van der Waals surface area contributed by atoms with E-state index in [2.05, 4.69) is 61.2 Å². The van der Waals surface area contributed by atoms with Crippen molar-refractivity contribution < 1.29 is 4.74 Å². The third kappa shape index (κ3) is 2.26. The minimum atomic E-state index is 0.538. The molecule has 1 atom stereocenters. The van der Waals surface area contributed by atoms with Crippen molar-refractivity contribution in [1.82, 2.24) is 0 Å². The van der Waals surface area contributed by atoms with Gasteiger partial charge in [0.1, 0.15) is 5.75 Å². The van der Waals surface area contributed by atoms with Gasteiger partial charge in [-0.05, 0) is 49.1 Å². The molecule has 0 bridgehead atoms. The van der Waals surface area contributed by atoms with Gasteiger partial charge in [0.05, 0.1) is 7.11 Å². The van der Waals surface area contributed by atoms with E-state index in [0.29, 0.717) is 6.04 Å². The number of hydrogen-bond donors (Lipinski definition) is 0. The Morgan fingerprint density at radius 3 is 2.65 bits per heavy atom. The summed E-state index contributed by atoms with van der Waals surface area (Å²) in [5.41, 5.74) is 5.47. The molecule has 0 aliphatic carbocycles. The van der Waals surface area contributed by atoms with E-state index in [-0.39, 0.29) is 0 Å². The molecule has 1 aliphatic rings. The lowest BCUT2D eigenvalue weighted by molar-refractivity contribution is 0.414. The molecule has 1 unspecified atom stereocenters. The van der Waals surface area contributed by atoms with Crippen molar-refractivity contribution in [2.75, 3.05) is 12.0 Å². The van der Waals surface area contributed by atoms with Gasteiger partial charge in [-0.25, -0.2) is 0 Å². The lowest BCUT2D eigenvalue weighted by atomic mass is 10.1. The van der Waals surface area contributed by atoms with E-state index in [9.17, 15) is 0 Å². The second-order valence-corrected chi connectivity index (χ2v) is 5.62. The predicted molar refractivity (Wildman–Crippen MR) is 83.5 cm³/mol. The van der Waals surface area contributed by atoms with Gasteiger partial charge in [-0.1, -0.05) is 30.3 Å². The lowest BCUT2D eigenvalue weighted by Gasteiger charge is -2.26. The van der Waals surface area contributed by atoms with Crippen LogP contribution in [0.5, 0.6) is 5.75 Å². The van der Waals surface area contributed by atoms with Gasteiger partial charge in [0, 0.05) is 18.3 Å². The largest absolute Gasteiger partial charge is 0.497 e. The van der Waals surface area contributed by atoms with Crippen LogP contribution in [-0.4, -0.2) is 13.2 Å². The molecule has 2 aromatic rings. The van der Waals surface area contributed by atoms with E-state index in [0.717, 1.165) is 18.7 Å². The van der Waals surface area contributed by atoms with Crippen LogP contribution in [0.3, 0.4) is 0 Å². The number of fused-ring (bicyclic) bond motifs is 1. The zero-order valence-electron chi connectivity index (χ0n) is 12.4. The average Bonchev–Trinajstić information content (AvgIpc) is 2.76. The van der Waals surface area contributed by atoms with Gasteiger partial charge >= 0.3 is 0 Å². The van der Waals surface area contributed by atoms with Crippen LogP contribution in [0, 0.1) is 6.92 Å². The highest BCUT2D eigenvalue weighted by Gasteiger charge is 2.28. The predicted octanol–water partition coefficient (Wildman–Crippen LogP) is 3.95. The number of rotatable bonds is 3. The SMILES string of the molecule is COc1cc(C)c2c(c1)CC(C)N2Cc1ccccc1. The molecule has 0 aromatic heterocycles. The summed E-state index contributed by atoms with van der Waals surface area (Å²) in [6, 6.07) is 15.5. The highest BCUT2D eigenvalue weighted by atomic mass is 16.5. The Labute approximate surface area is 121 Å². The van der Waals surface area contributed by atoms with Crippen molar-refractivity contribution in [2.45, 2.75) is 32.9 Å². The van der Waals surface area contributed by atoms with Crippen LogP contribution in [0.4, 0.5) is 5.69 Å². The normalized spacial score (nSPS) is 17.1. The first-order chi connectivity index (χ1) is 9.69. The van der Waals surface area contributed by atoms with Crippen molar-refractivity contribution in [1.29, 1.82) is 0 Å². The molecule has 0 N–H and O–H groups in total. The maximum atomic E-state index is 5.39. The topological polar surface area (TPSA) is 12.5 Å². The molecule has 20 heavy (non-hydrogen) atoms. The van der Waals surface area contributed by atoms with Gasteiger partial charge in [0.25, 0.3) is 0 Å². The molecular weight excluding hydrogens is 246 g/mol. The Hall–Kier alpha value is -1.96. The highest BCUT2D eigenvalue weighted by Crippen LogP contribution is 2.38. The second-order valence-electron chi connectivity index (χ2n) is 5.62. The molecule has 1 heterocycles.